The third-order valence-corrected chi connectivity index (χ3v) is 6.33. The van der Waals surface area contributed by atoms with Crippen LogP contribution in [-0.2, 0) is 4.79 Å². The van der Waals surface area contributed by atoms with Crippen molar-refractivity contribution in [2.24, 2.45) is 0 Å². The van der Waals surface area contributed by atoms with Crippen LogP contribution >= 0.6 is 35.6 Å². The number of thiocarbonyl (C=S) groups is 1. The summed E-state index contributed by atoms with van der Waals surface area (Å²) < 4.78 is 5.92. The normalized spacial score (nSPS) is 20.1. The lowest BCUT2D eigenvalue weighted by atomic mass is 10.2. The van der Waals surface area contributed by atoms with Gasteiger partial charge in [-0.1, -0.05) is 41.6 Å². The Balaban J connectivity index is 1.36. The van der Waals surface area contributed by atoms with Crippen LogP contribution in [-0.4, -0.2) is 48.0 Å². The number of nitrogens with zero attached hydrogens (tertiary/aromatic N) is 2. The minimum absolute atomic E-state index is 0.0360. The summed E-state index contributed by atoms with van der Waals surface area (Å²) in [6.07, 6.45) is 3.35. The van der Waals surface area contributed by atoms with Gasteiger partial charge in [0.2, 0.25) is 0 Å². The maximum absolute atomic E-state index is 12.7. The van der Waals surface area contributed by atoms with E-state index in [0.717, 1.165) is 36.9 Å². The highest BCUT2D eigenvalue weighted by Gasteiger charge is 2.35. The van der Waals surface area contributed by atoms with E-state index in [1.54, 1.807) is 23.3 Å². The second-order valence-electron chi connectivity index (χ2n) is 6.50. The molecule has 5 nitrogen and oxygen atoms in total. The molecule has 2 saturated heterocycles. The van der Waals surface area contributed by atoms with E-state index in [1.807, 2.05) is 24.3 Å². The summed E-state index contributed by atoms with van der Waals surface area (Å²) in [5.41, 5.74) is 1.15. The fourth-order valence-electron chi connectivity index (χ4n) is 3.27. The average Bonchev–Trinajstić information content (AvgIpc) is 3.27. The lowest BCUT2D eigenvalue weighted by Crippen LogP contribution is -3.16. The molecule has 0 bridgehead atoms. The largest absolute Gasteiger partial charge is 0.465 e. The van der Waals surface area contributed by atoms with E-state index >= 15 is 0 Å². The molecule has 2 aliphatic heterocycles. The number of rotatable bonds is 4. The van der Waals surface area contributed by atoms with Gasteiger partial charge in [-0.05, 0) is 30.3 Å². The first kappa shape index (κ1) is 18.6. The third kappa shape index (κ3) is 4.21. The van der Waals surface area contributed by atoms with Crippen LogP contribution < -0.4 is 9.80 Å². The zero-order valence-electron chi connectivity index (χ0n) is 14.6. The van der Waals surface area contributed by atoms with Crippen LogP contribution in [0.4, 0.5) is 5.69 Å². The van der Waals surface area contributed by atoms with Crippen LogP contribution in [0.3, 0.4) is 0 Å². The van der Waals surface area contributed by atoms with Crippen LogP contribution in [0.2, 0.25) is 5.02 Å². The van der Waals surface area contributed by atoms with Gasteiger partial charge in [0.25, 0.3) is 5.91 Å². The molecule has 0 unspecified atom stereocenters. The second-order valence-corrected chi connectivity index (χ2v) is 8.61. The number of piperazine rings is 1. The van der Waals surface area contributed by atoms with E-state index in [9.17, 15) is 4.79 Å². The first-order valence-corrected chi connectivity index (χ1v) is 10.3. The van der Waals surface area contributed by atoms with E-state index in [0.29, 0.717) is 21.7 Å². The zero-order valence-corrected chi connectivity index (χ0v) is 16.9. The quantitative estimate of drug-likeness (QED) is 0.608. The Morgan fingerprint density at radius 2 is 2.07 bits per heavy atom. The molecule has 2 aliphatic rings. The number of benzene rings is 1. The van der Waals surface area contributed by atoms with Crippen molar-refractivity contribution in [2.45, 2.75) is 0 Å². The number of hydrogen-bond acceptors (Lipinski definition) is 5. The highest BCUT2D eigenvalue weighted by atomic mass is 35.5. The maximum atomic E-state index is 12.7. The molecule has 1 aromatic carbocycles. The average molecular weight is 421 g/mol. The highest BCUT2D eigenvalue weighted by molar-refractivity contribution is 8.26. The molecule has 0 radical (unpaired) electrons. The molecule has 2 fully saturated rings. The molecule has 8 heteroatoms. The Morgan fingerprint density at radius 3 is 2.78 bits per heavy atom. The summed E-state index contributed by atoms with van der Waals surface area (Å²) in [4.78, 5) is 18.7. The Morgan fingerprint density at radius 1 is 1.26 bits per heavy atom. The molecule has 27 heavy (non-hydrogen) atoms. The first-order chi connectivity index (χ1) is 13.1. The zero-order chi connectivity index (χ0) is 18.8. The summed E-state index contributed by atoms with van der Waals surface area (Å²) in [5.74, 6) is 0.629. The van der Waals surface area contributed by atoms with Crippen LogP contribution in [0, 0.1) is 0 Å². The van der Waals surface area contributed by atoms with Gasteiger partial charge < -0.3 is 14.2 Å². The Hall–Kier alpha value is -1.80. The van der Waals surface area contributed by atoms with Crippen molar-refractivity contribution < 1.29 is 14.1 Å². The Bertz CT molecular complexity index is 877. The SMILES string of the molecule is O=C1/C(=C/c2ccco2)SC(=S)N1C[NH+]1CCN(c2cccc(Cl)c2)CC1. The van der Waals surface area contributed by atoms with Crippen molar-refractivity contribution in [1.29, 1.82) is 0 Å². The van der Waals surface area contributed by atoms with E-state index in [1.165, 1.54) is 16.7 Å². The second kappa shape index (κ2) is 8.06. The van der Waals surface area contributed by atoms with Crippen LogP contribution in [0.25, 0.3) is 6.08 Å². The van der Waals surface area contributed by atoms with Crippen LogP contribution in [0.5, 0.6) is 0 Å². The molecule has 1 aromatic heterocycles. The van der Waals surface area contributed by atoms with Gasteiger partial charge in [0.1, 0.15) is 5.76 Å². The molecule has 1 amide bonds. The summed E-state index contributed by atoms with van der Waals surface area (Å²) >= 11 is 12.9. The Kier molecular flexibility index (Phi) is 5.54. The number of quaternary nitrogens is 1. The van der Waals surface area contributed by atoms with Crippen molar-refractivity contribution in [3.05, 3.63) is 58.3 Å². The number of thioether (sulfide) groups is 1. The number of furan rings is 1. The van der Waals surface area contributed by atoms with Gasteiger partial charge in [-0.2, -0.15) is 0 Å². The predicted molar refractivity (Wildman–Crippen MR) is 113 cm³/mol. The highest BCUT2D eigenvalue weighted by Crippen LogP contribution is 2.31. The number of halogens is 1. The van der Waals surface area contributed by atoms with Gasteiger partial charge in [0.15, 0.2) is 11.0 Å². The molecular weight excluding hydrogens is 402 g/mol. The molecule has 1 N–H and O–H groups in total. The number of hydrogen-bond donors (Lipinski definition) is 1. The molecule has 0 aliphatic carbocycles. The van der Waals surface area contributed by atoms with Crippen LogP contribution in [0.1, 0.15) is 5.76 Å². The number of anilines is 1. The van der Waals surface area contributed by atoms with E-state index < -0.39 is 0 Å². The first-order valence-electron chi connectivity index (χ1n) is 8.73. The van der Waals surface area contributed by atoms with Crippen molar-refractivity contribution in [3.8, 4) is 0 Å². The Labute approximate surface area is 172 Å². The lowest BCUT2D eigenvalue weighted by molar-refractivity contribution is -0.907. The van der Waals surface area contributed by atoms with Gasteiger partial charge in [-0.15, -0.1) is 0 Å². The molecule has 140 valence electrons. The molecule has 4 rings (SSSR count). The fourth-order valence-corrected chi connectivity index (χ4v) is 4.69. The fraction of sp³-hybridized carbons (Fsp3) is 0.263. The summed E-state index contributed by atoms with van der Waals surface area (Å²) in [5, 5.41) is 0.753. The lowest BCUT2D eigenvalue weighted by Gasteiger charge is -2.35. The summed E-state index contributed by atoms with van der Waals surface area (Å²) in [6.45, 7) is 4.34. The van der Waals surface area contributed by atoms with Gasteiger partial charge in [-0.25, -0.2) is 4.90 Å². The van der Waals surface area contributed by atoms with Crippen LogP contribution in [0.15, 0.2) is 52.0 Å². The van der Waals surface area contributed by atoms with E-state index in [-0.39, 0.29) is 5.91 Å². The predicted octanol–water partition coefficient (Wildman–Crippen LogP) is 2.50. The maximum Gasteiger partial charge on any atom is 0.270 e. The van der Waals surface area contributed by atoms with Gasteiger partial charge in [0.05, 0.1) is 37.3 Å². The van der Waals surface area contributed by atoms with Crippen molar-refractivity contribution in [3.63, 3.8) is 0 Å². The summed E-state index contributed by atoms with van der Waals surface area (Å²) in [6, 6.07) is 11.6. The van der Waals surface area contributed by atoms with E-state index in [2.05, 4.69) is 11.0 Å². The van der Waals surface area contributed by atoms with Gasteiger partial charge in [-0.3, -0.25) is 4.79 Å². The van der Waals surface area contributed by atoms with Crippen molar-refractivity contribution in [1.82, 2.24) is 4.90 Å². The van der Waals surface area contributed by atoms with Crippen molar-refractivity contribution >= 4 is 57.6 Å². The number of nitrogens with one attached hydrogen (secondary N) is 1. The monoisotopic (exact) mass is 420 g/mol. The molecule has 0 saturated carbocycles. The smallest absolute Gasteiger partial charge is 0.270 e. The minimum Gasteiger partial charge on any atom is -0.465 e. The minimum atomic E-state index is -0.0360. The molecule has 0 spiro atoms. The standard InChI is InChI=1S/C19H18ClN3O2S2/c20-14-3-1-4-15(11-14)22-8-6-21(7-9-22)13-23-18(24)17(27-19(23)26)12-16-5-2-10-25-16/h1-5,10-12H,6-9,13H2/p+1/b17-12-. The number of carbonyl (C=O) groups excluding carboxylic acids is 1. The number of amides is 1. The summed E-state index contributed by atoms with van der Waals surface area (Å²) in [7, 11) is 0. The molecular formula is C19H19ClN3O2S2+. The molecule has 3 heterocycles. The topological polar surface area (TPSA) is 41.1 Å². The molecule has 0 atom stereocenters. The number of carbonyl (C=O) groups is 1. The van der Waals surface area contributed by atoms with E-state index in [4.69, 9.17) is 28.2 Å². The molecule has 2 aromatic rings. The van der Waals surface area contributed by atoms with Crippen molar-refractivity contribution in [2.75, 3.05) is 37.7 Å². The van der Waals surface area contributed by atoms with Gasteiger partial charge in [0, 0.05) is 16.8 Å². The van der Waals surface area contributed by atoms with Gasteiger partial charge >= 0.3 is 0 Å². The third-order valence-electron chi connectivity index (χ3n) is 4.72.